The number of rotatable bonds is 1. The van der Waals surface area contributed by atoms with Gasteiger partial charge in [-0.25, -0.2) is 9.78 Å². The zero-order chi connectivity index (χ0) is 16.8. The predicted octanol–water partition coefficient (Wildman–Crippen LogP) is 2.94. The SMILES string of the molecule is CC(C)(C)C1N(C(=O)O)CCCC1(O)c1c[nH]c2ncccc12. The molecular formula is C17H23N3O3. The summed E-state index contributed by atoms with van der Waals surface area (Å²) in [5.41, 5.74) is -0.210. The first kappa shape index (κ1) is 15.8. The number of piperidine rings is 1. The Bertz CT molecular complexity index is 734. The maximum atomic E-state index is 11.7. The summed E-state index contributed by atoms with van der Waals surface area (Å²) >= 11 is 0. The summed E-state index contributed by atoms with van der Waals surface area (Å²) < 4.78 is 0. The highest BCUT2D eigenvalue weighted by Crippen LogP contribution is 2.46. The number of aromatic nitrogens is 2. The second kappa shape index (κ2) is 5.23. The van der Waals surface area contributed by atoms with Crippen LogP contribution >= 0.6 is 0 Å². The normalized spacial score (nSPS) is 25.7. The minimum Gasteiger partial charge on any atom is -0.465 e. The van der Waals surface area contributed by atoms with Crippen molar-refractivity contribution in [1.29, 1.82) is 0 Å². The second-order valence-electron chi connectivity index (χ2n) is 7.37. The first-order valence-electron chi connectivity index (χ1n) is 7.89. The van der Waals surface area contributed by atoms with Gasteiger partial charge in [-0.3, -0.25) is 0 Å². The number of aliphatic hydroxyl groups is 1. The molecule has 0 aromatic carbocycles. The average Bonchev–Trinajstić information content (AvgIpc) is 2.90. The lowest BCUT2D eigenvalue weighted by atomic mass is 9.68. The number of H-pyrrole nitrogens is 1. The lowest BCUT2D eigenvalue weighted by molar-refractivity contribution is -0.114. The molecule has 0 bridgehead atoms. The molecule has 2 unspecified atom stereocenters. The first-order chi connectivity index (χ1) is 10.7. The standard InChI is InChI=1S/C17H23N3O3/c1-16(2,3)14-17(23,7-5-9-20(14)15(21)22)12-10-19-13-11(12)6-4-8-18-13/h4,6,8,10,14,23H,5,7,9H2,1-3H3,(H,18,19)(H,21,22). The molecule has 1 aliphatic rings. The number of carbonyl (C=O) groups is 1. The summed E-state index contributed by atoms with van der Waals surface area (Å²) in [5, 5.41) is 22.0. The van der Waals surface area contributed by atoms with Crippen molar-refractivity contribution in [2.75, 3.05) is 6.54 Å². The molecule has 0 radical (unpaired) electrons. The van der Waals surface area contributed by atoms with Gasteiger partial charge in [0.05, 0.1) is 6.04 Å². The van der Waals surface area contributed by atoms with Crippen molar-refractivity contribution >= 4 is 17.1 Å². The van der Waals surface area contributed by atoms with Gasteiger partial charge in [-0.2, -0.15) is 0 Å². The van der Waals surface area contributed by atoms with Crippen molar-refractivity contribution < 1.29 is 15.0 Å². The fourth-order valence-corrected chi connectivity index (χ4v) is 4.03. The van der Waals surface area contributed by atoms with Crippen LogP contribution in [0.5, 0.6) is 0 Å². The number of pyridine rings is 1. The summed E-state index contributed by atoms with van der Waals surface area (Å²) in [6.07, 6.45) is 3.63. The maximum Gasteiger partial charge on any atom is 0.407 e. The Morgan fingerprint density at radius 1 is 1.48 bits per heavy atom. The Kier molecular flexibility index (Phi) is 3.59. The molecule has 3 N–H and O–H groups in total. The number of nitrogens with one attached hydrogen (secondary N) is 1. The number of hydrogen-bond donors (Lipinski definition) is 3. The third-order valence-electron chi connectivity index (χ3n) is 4.70. The highest BCUT2D eigenvalue weighted by molar-refractivity contribution is 5.81. The number of likely N-dealkylation sites (tertiary alicyclic amines) is 1. The fraction of sp³-hybridized carbons (Fsp3) is 0.529. The van der Waals surface area contributed by atoms with Crippen LogP contribution in [0.25, 0.3) is 11.0 Å². The number of hydrogen-bond acceptors (Lipinski definition) is 3. The lowest BCUT2D eigenvalue weighted by Gasteiger charge is -2.51. The third kappa shape index (κ3) is 2.47. The lowest BCUT2D eigenvalue weighted by Crippen LogP contribution is -2.61. The largest absolute Gasteiger partial charge is 0.465 e. The van der Waals surface area contributed by atoms with Gasteiger partial charge in [0.25, 0.3) is 0 Å². The smallest absolute Gasteiger partial charge is 0.407 e. The van der Waals surface area contributed by atoms with Gasteiger partial charge in [0.2, 0.25) is 0 Å². The number of amides is 1. The van der Waals surface area contributed by atoms with E-state index in [-0.39, 0.29) is 0 Å². The highest BCUT2D eigenvalue weighted by atomic mass is 16.4. The zero-order valence-electron chi connectivity index (χ0n) is 13.7. The van der Waals surface area contributed by atoms with Gasteiger partial charge >= 0.3 is 6.09 Å². The number of carboxylic acid groups (broad SMARTS) is 1. The molecule has 0 aliphatic carbocycles. The Balaban J connectivity index is 2.18. The summed E-state index contributed by atoms with van der Waals surface area (Å²) in [4.78, 5) is 20.5. The molecule has 6 nitrogen and oxygen atoms in total. The van der Waals surface area contributed by atoms with Crippen LogP contribution in [0.2, 0.25) is 0 Å². The monoisotopic (exact) mass is 317 g/mol. The fourth-order valence-electron chi connectivity index (χ4n) is 4.03. The summed E-state index contributed by atoms with van der Waals surface area (Å²) in [6, 6.07) is 3.21. The van der Waals surface area contributed by atoms with Crippen LogP contribution in [0.15, 0.2) is 24.5 Å². The van der Waals surface area contributed by atoms with Crippen molar-refractivity contribution in [1.82, 2.24) is 14.9 Å². The van der Waals surface area contributed by atoms with E-state index < -0.39 is 23.2 Å². The van der Waals surface area contributed by atoms with Crippen molar-refractivity contribution in [3.63, 3.8) is 0 Å². The first-order valence-corrected chi connectivity index (χ1v) is 7.89. The number of fused-ring (bicyclic) bond motifs is 1. The van der Waals surface area contributed by atoms with Crippen molar-refractivity contribution in [2.24, 2.45) is 5.41 Å². The van der Waals surface area contributed by atoms with Gasteiger partial charge in [0.1, 0.15) is 11.2 Å². The molecule has 0 spiro atoms. The molecule has 124 valence electrons. The van der Waals surface area contributed by atoms with Crippen LogP contribution in [0.3, 0.4) is 0 Å². The molecule has 2 aromatic heterocycles. The van der Waals surface area contributed by atoms with E-state index in [0.717, 1.165) is 10.9 Å². The van der Waals surface area contributed by atoms with Gasteiger partial charge in [-0.05, 0) is 30.4 Å². The van der Waals surface area contributed by atoms with E-state index in [1.807, 2.05) is 32.9 Å². The molecular weight excluding hydrogens is 294 g/mol. The Morgan fingerprint density at radius 3 is 2.87 bits per heavy atom. The molecule has 3 heterocycles. The van der Waals surface area contributed by atoms with E-state index in [1.54, 1.807) is 12.4 Å². The number of nitrogens with zero attached hydrogens (tertiary/aromatic N) is 2. The van der Waals surface area contributed by atoms with Crippen molar-refractivity contribution in [3.8, 4) is 0 Å². The molecule has 23 heavy (non-hydrogen) atoms. The zero-order valence-corrected chi connectivity index (χ0v) is 13.7. The molecule has 1 fully saturated rings. The Labute approximate surface area is 135 Å². The van der Waals surface area contributed by atoms with Crippen LogP contribution in [-0.4, -0.2) is 43.8 Å². The molecule has 2 aromatic rings. The Morgan fingerprint density at radius 2 is 2.22 bits per heavy atom. The minimum absolute atomic E-state index is 0.403. The highest BCUT2D eigenvalue weighted by Gasteiger charge is 2.52. The van der Waals surface area contributed by atoms with Crippen LogP contribution in [0.4, 0.5) is 4.79 Å². The predicted molar refractivity (Wildman–Crippen MR) is 87.2 cm³/mol. The van der Waals surface area contributed by atoms with E-state index in [4.69, 9.17) is 0 Å². The Hall–Kier alpha value is -2.08. The van der Waals surface area contributed by atoms with Crippen LogP contribution in [0.1, 0.15) is 39.2 Å². The van der Waals surface area contributed by atoms with Crippen molar-refractivity contribution in [2.45, 2.75) is 45.3 Å². The van der Waals surface area contributed by atoms with Gasteiger partial charge in [-0.15, -0.1) is 0 Å². The molecule has 0 saturated carbocycles. The van der Waals surface area contributed by atoms with Crippen LogP contribution in [0, 0.1) is 5.41 Å². The quantitative estimate of drug-likeness (QED) is 0.754. The summed E-state index contributed by atoms with van der Waals surface area (Å²) in [7, 11) is 0. The third-order valence-corrected chi connectivity index (χ3v) is 4.70. The molecule has 1 amide bonds. The molecule has 1 saturated heterocycles. The number of aromatic amines is 1. The minimum atomic E-state index is -1.24. The van der Waals surface area contributed by atoms with E-state index in [0.29, 0.717) is 25.0 Å². The van der Waals surface area contributed by atoms with Gasteiger partial charge in [-0.1, -0.05) is 20.8 Å². The molecule has 6 heteroatoms. The van der Waals surface area contributed by atoms with Gasteiger partial charge in [0.15, 0.2) is 0 Å². The average molecular weight is 317 g/mol. The molecule has 3 rings (SSSR count). The van der Waals surface area contributed by atoms with E-state index >= 15 is 0 Å². The van der Waals surface area contributed by atoms with E-state index in [1.165, 1.54) is 4.90 Å². The molecule has 1 aliphatic heterocycles. The van der Waals surface area contributed by atoms with Crippen LogP contribution in [-0.2, 0) is 5.60 Å². The second-order valence-corrected chi connectivity index (χ2v) is 7.37. The topological polar surface area (TPSA) is 89.5 Å². The van der Waals surface area contributed by atoms with Gasteiger partial charge < -0.3 is 20.1 Å². The van der Waals surface area contributed by atoms with E-state index in [9.17, 15) is 15.0 Å². The van der Waals surface area contributed by atoms with Crippen LogP contribution < -0.4 is 0 Å². The van der Waals surface area contributed by atoms with Crippen molar-refractivity contribution in [3.05, 3.63) is 30.1 Å². The summed E-state index contributed by atoms with van der Waals surface area (Å²) in [6.45, 7) is 6.35. The summed E-state index contributed by atoms with van der Waals surface area (Å²) in [5.74, 6) is 0. The maximum absolute atomic E-state index is 11.7. The van der Waals surface area contributed by atoms with Gasteiger partial charge in [0, 0.05) is 29.9 Å². The van der Waals surface area contributed by atoms with E-state index in [2.05, 4.69) is 9.97 Å². The molecule has 2 atom stereocenters.